The summed E-state index contributed by atoms with van der Waals surface area (Å²) in [6, 6.07) is 12.0. The van der Waals surface area contributed by atoms with Crippen molar-refractivity contribution in [3.05, 3.63) is 59.4 Å². The summed E-state index contributed by atoms with van der Waals surface area (Å²) in [4.78, 5) is 4.42. The molecule has 1 aromatic heterocycles. The van der Waals surface area contributed by atoms with Gasteiger partial charge in [0.25, 0.3) is 0 Å². The Labute approximate surface area is 133 Å². The molecular weight excluding hydrogens is 270 g/mol. The Balaban J connectivity index is 1.96. The molecule has 0 unspecified atom stereocenters. The molecule has 0 amide bonds. The van der Waals surface area contributed by atoms with Crippen LogP contribution >= 0.6 is 0 Å². The standard InChI is InChI=1S/C20H23NO/c1-3-5-6-7-18-9-13-19(21-16-18)12-8-17-10-14-20(15-11-17)22-4-2/h9-11,13-16H,3-7H2,1-2H3. The Hall–Kier alpha value is -2.27. The predicted molar refractivity (Wildman–Crippen MR) is 91.1 cm³/mol. The van der Waals surface area contributed by atoms with Crippen LogP contribution in [0.15, 0.2) is 42.6 Å². The third-order valence-corrected chi connectivity index (χ3v) is 3.39. The van der Waals surface area contributed by atoms with Crippen molar-refractivity contribution in [3.63, 3.8) is 0 Å². The van der Waals surface area contributed by atoms with E-state index >= 15 is 0 Å². The van der Waals surface area contributed by atoms with Gasteiger partial charge in [0, 0.05) is 11.8 Å². The summed E-state index contributed by atoms with van der Waals surface area (Å²) in [6.45, 7) is 4.88. The van der Waals surface area contributed by atoms with Gasteiger partial charge in [-0.3, -0.25) is 0 Å². The van der Waals surface area contributed by atoms with Crippen LogP contribution in [0.25, 0.3) is 0 Å². The van der Waals surface area contributed by atoms with Gasteiger partial charge in [0.05, 0.1) is 6.61 Å². The second-order valence-electron chi connectivity index (χ2n) is 5.22. The first-order valence-electron chi connectivity index (χ1n) is 8.01. The van der Waals surface area contributed by atoms with Crippen molar-refractivity contribution < 1.29 is 4.74 Å². The topological polar surface area (TPSA) is 22.1 Å². The number of benzene rings is 1. The van der Waals surface area contributed by atoms with Gasteiger partial charge in [0.15, 0.2) is 0 Å². The summed E-state index contributed by atoms with van der Waals surface area (Å²) >= 11 is 0. The zero-order chi connectivity index (χ0) is 15.6. The smallest absolute Gasteiger partial charge is 0.119 e. The number of aryl methyl sites for hydroxylation is 1. The van der Waals surface area contributed by atoms with Crippen LogP contribution in [-0.4, -0.2) is 11.6 Å². The summed E-state index contributed by atoms with van der Waals surface area (Å²) in [5, 5.41) is 0. The minimum atomic E-state index is 0.680. The van der Waals surface area contributed by atoms with Crippen molar-refractivity contribution in [1.82, 2.24) is 4.98 Å². The molecule has 0 fully saturated rings. The molecule has 2 rings (SSSR count). The minimum absolute atomic E-state index is 0.680. The quantitative estimate of drug-likeness (QED) is 0.573. The second kappa shape index (κ2) is 8.89. The van der Waals surface area contributed by atoms with Crippen LogP contribution < -0.4 is 4.74 Å². The normalized spacial score (nSPS) is 9.91. The molecule has 0 atom stereocenters. The van der Waals surface area contributed by atoms with Gasteiger partial charge in [-0.05, 0) is 61.6 Å². The average molecular weight is 293 g/mol. The van der Waals surface area contributed by atoms with Gasteiger partial charge in [0.2, 0.25) is 0 Å². The third-order valence-electron chi connectivity index (χ3n) is 3.39. The number of hydrogen-bond donors (Lipinski definition) is 0. The molecule has 0 saturated heterocycles. The summed E-state index contributed by atoms with van der Waals surface area (Å²) in [7, 11) is 0. The fraction of sp³-hybridized carbons (Fsp3) is 0.350. The number of nitrogens with zero attached hydrogens (tertiary/aromatic N) is 1. The highest BCUT2D eigenvalue weighted by Gasteiger charge is 1.95. The largest absolute Gasteiger partial charge is 0.494 e. The Morgan fingerprint density at radius 3 is 2.41 bits per heavy atom. The van der Waals surface area contributed by atoms with Gasteiger partial charge in [-0.1, -0.05) is 31.8 Å². The fourth-order valence-electron chi connectivity index (χ4n) is 2.16. The summed E-state index contributed by atoms with van der Waals surface area (Å²) in [6.07, 6.45) is 6.80. The molecule has 0 saturated carbocycles. The van der Waals surface area contributed by atoms with Gasteiger partial charge in [-0.15, -0.1) is 0 Å². The first kappa shape index (κ1) is 16.1. The Morgan fingerprint density at radius 1 is 0.955 bits per heavy atom. The number of unbranched alkanes of at least 4 members (excludes halogenated alkanes) is 2. The van der Waals surface area contributed by atoms with Gasteiger partial charge >= 0.3 is 0 Å². The maximum atomic E-state index is 5.42. The van der Waals surface area contributed by atoms with E-state index in [-0.39, 0.29) is 0 Å². The molecule has 0 radical (unpaired) electrons. The summed E-state index contributed by atoms with van der Waals surface area (Å²) in [5.74, 6) is 7.12. The first-order valence-corrected chi connectivity index (χ1v) is 8.01. The van der Waals surface area contributed by atoms with Crippen molar-refractivity contribution in [2.75, 3.05) is 6.61 Å². The zero-order valence-corrected chi connectivity index (χ0v) is 13.4. The minimum Gasteiger partial charge on any atom is -0.494 e. The SMILES string of the molecule is CCCCCc1ccc(C#Cc2ccc(OCC)cc2)nc1. The predicted octanol–water partition coefficient (Wildman–Crippen LogP) is 4.61. The first-order chi connectivity index (χ1) is 10.8. The number of pyridine rings is 1. The lowest BCUT2D eigenvalue weighted by molar-refractivity contribution is 0.340. The fourth-order valence-corrected chi connectivity index (χ4v) is 2.16. The molecule has 114 valence electrons. The monoisotopic (exact) mass is 293 g/mol. The molecule has 1 aromatic carbocycles. The van der Waals surface area contributed by atoms with Crippen molar-refractivity contribution in [2.24, 2.45) is 0 Å². The number of hydrogen-bond acceptors (Lipinski definition) is 2. The van der Waals surface area contributed by atoms with Crippen molar-refractivity contribution in [3.8, 4) is 17.6 Å². The molecule has 0 spiro atoms. The van der Waals surface area contributed by atoms with E-state index in [1.54, 1.807) is 0 Å². The molecule has 0 aliphatic carbocycles. The molecule has 0 aliphatic heterocycles. The number of ether oxygens (including phenoxy) is 1. The average Bonchev–Trinajstić information content (AvgIpc) is 2.56. The summed E-state index contributed by atoms with van der Waals surface area (Å²) < 4.78 is 5.42. The van der Waals surface area contributed by atoms with Crippen molar-refractivity contribution >= 4 is 0 Å². The number of rotatable bonds is 6. The second-order valence-corrected chi connectivity index (χ2v) is 5.22. The molecule has 0 N–H and O–H groups in total. The van der Waals surface area contributed by atoms with Gasteiger partial charge in [-0.25, -0.2) is 4.98 Å². The lowest BCUT2D eigenvalue weighted by Crippen LogP contribution is -1.90. The highest BCUT2D eigenvalue weighted by Crippen LogP contribution is 2.11. The van der Waals surface area contributed by atoms with Crippen LogP contribution in [0.1, 0.15) is 49.9 Å². The molecule has 2 nitrogen and oxygen atoms in total. The summed E-state index contributed by atoms with van der Waals surface area (Å²) in [5.41, 5.74) is 3.07. The lowest BCUT2D eigenvalue weighted by atomic mass is 10.1. The molecule has 0 bridgehead atoms. The lowest BCUT2D eigenvalue weighted by Gasteiger charge is -2.01. The molecule has 2 aromatic rings. The molecular formula is C20H23NO. The molecule has 2 heteroatoms. The van der Waals surface area contributed by atoms with Crippen LogP contribution in [0, 0.1) is 11.8 Å². The van der Waals surface area contributed by atoms with Crippen molar-refractivity contribution in [2.45, 2.75) is 39.5 Å². The maximum absolute atomic E-state index is 5.42. The van der Waals surface area contributed by atoms with Crippen LogP contribution in [0.5, 0.6) is 5.75 Å². The molecule has 22 heavy (non-hydrogen) atoms. The zero-order valence-electron chi connectivity index (χ0n) is 13.4. The Morgan fingerprint density at radius 2 is 1.77 bits per heavy atom. The number of aromatic nitrogens is 1. The van der Waals surface area contributed by atoms with E-state index in [2.05, 4.69) is 29.8 Å². The van der Waals surface area contributed by atoms with Crippen LogP contribution in [0.3, 0.4) is 0 Å². The van der Waals surface area contributed by atoms with Gasteiger partial charge < -0.3 is 4.74 Å². The molecule has 1 heterocycles. The highest BCUT2D eigenvalue weighted by molar-refractivity contribution is 5.42. The van der Waals surface area contributed by atoms with Crippen LogP contribution in [0.4, 0.5) is 0 Å². The Kier molecular flexibility index (Phi) is 6.51. The Bertz CT molecular complexity index is 617. The van der Waals surface area contributed by atoms with Gasteiger partial charge in [0.1, 0.15) is 11.4 Å². The van der Waals surface area contributed by atoms with E-state index < -0.39 is 0 Å². The van der Waals surface area contributed by atoms with E-state index in [1.165, 1.54) is 24.8 Å². The third kappa shape index (κ3) is 5.26. The molecule has 0 aliphatic rings. The van der Waals surface area contributed by atoms with E-state index in [0.717, 1.165) is 23.4 Å². The van der Waals surface area contributed by atoms with E-state index in [1.807, 2.05) is 43.5 Å². The van der Waals surface area contributed by atoms with E-state index in [0.29, 0.717) is 6.61 Å². The van der Waals surface area contributed by atoms with Gasteiger partial charge in [-0.2, -0.15) is 0 Å². The van der Waals surface area contributed by atoms with Crippen LogP contribution in [0.2, 0.25) is 0 Å². The highest BCUT2D eigenvalue weighted by atomic mass is 16.5. The van der Waals surface area contributed by atoms with E-state index in [4.69, 9.17) is 4.74 Å². The van der Waals surface area contributed by atoms with Crippen molar-refractivity contribution in [1.29, 1.82) is 0 Å². The van der Waals surface area contributed by atoms with E-state index in [9.17, 15) is 0 Å². The maximum Gasteiger partial charge on any atom is 0.119 e. The van der Waals surface area contributed by atoms with Crippen LogP contribution in [-0.2, 0) is 6.42 Å².